The van der Waals surface area contributed by atoms with Crippen LogP contribution in [-0.4, -0.2) is 34.9 Å². The number of amides is 1. The first-order valence-corrected chi connectivity index (χ1v) is 5.40. The largest absolute Gasteiger partial charge is 0.339 e. The van der Waals surface area contributed by atoms with Crippen LogP contribution >= 0.6 is 0 Å². The molecule has 0 saturated carbocycles. The van der Waals surface area contributed by atoms with Crippen molar-refractivity contribution in [3.05, 3.63) is 34.2 Å². The molecule has 1 amide bonds. The van der Waals surface area contributed by atoms with Crippen LogP contribution in [0.2, 0.25) is 0 Å². The molecule has 86 valence electrons. The maximum atomic E-state index is 12.0. The lowest BCUT2D eigenvalue weighted by atomic mass is 10.1. The number of likely N-dealkylation sites (tertiary alicyclic amines) is 1. The van der Waals surface area contributed by atoms with Gasteiger partial charge in [-0.3, -0.25) is 9.59 Å². The molecule has 0 unspecified atom stereocenters. The van der Waals surface area contributed by atoms with Gasteiger partial charge in [-0.2, -0.15) is 0 Å². The van der Waals surface area contributed by atoms with Gasteiger partial charge in [0.25, 0.3) is 5.91 Å². The van der Waals surface area contributed by atoms with E-state index in [0.717, 1.165) is 12.8 Å². The van der Waals surface area contributed by atoms with Crippen LogP contribution in [0.4, 0.5) is 0 Å². The summed E-state index contributed by atoms with van der Waals surface area (Å²) in [5.41, 5.74) is 5.96. The number of carbonyl (C=O) groups excluding carboxylic acids is 1. The van der Waals surface area contributed by atoms with E-state index in [-0.39, 0.29) is 17.5 Å². The normalized spacial score (nSPS) is 17.4. The number of pyridine rings is 1. The minimum atomic E-state index is -0.250. The van der Waals surface area contributed by atoms with E-state index in [4.69, 9.17) is 5.73 Å². The molecule has 0 aliphatic carbocycles. The standard InChI is InChI=1S/C11H15N3O2/c12-9-2-5-14(6-3-9)11(16)8-1-4-13-10(15)7-8/h1,4,7,9H,2-3,5-6,12H2,(H,13,15). The van der Waals surface area contributed by atoms with Crippen molar-refractivity contribution in [2.75, 3.05) is 13.1 Å². The van der Waals surface area contributed by atoms with E-state index < -0.39 is 0 Å². The van der Waals surface area contributed by atoms with Gasteiger partial charge in [0.15, 0.2) is 0 Å². The van der Waals surface area contributed by atoms with Gasteiger partial charge >= 0.3 is 0 Å². The first kappa shape index (κ1) is 10.9. The molecule has 1 aromatic heterocycles. The fraction of sp³-hybridized carbons (Fsp3) is 0.455. The summed E-state index contributed by atoms with van der Waals surface area (Å²) >= 11 is 0. The summed E-state index contributed by atoms with van der Waals surface area (Å²) in [6.45, 7) is 1.35. The Morgan fingerprint density at radius 2 is 2.12 bits per heavy atom. The first-order chi connectivity index (χ1) is 7.66. The van der Waals surface area contributed by atoms with Gasteiger partial charge in [0, 0.05) is 37.0 Å². The number of nitrogens with one attached hydrogen (secondary N) is 1. The molecular weight excluding hydrogens is 206 g/mol. The molecule has 2 rings (SSSR count). The number of piperidine rings is 1. The summed E-state index contributed by atoms with van der Waals surface area (Å²) in [5.74, 6) is -0.0852. The zero-order valence-electron chi connectivity index (χ0n) is 8.98. The van der Waals surface area contributed by atoms with Crippen molar-refractivity contribution < 1.29 is 4.79 Å². The molecule has 1 saturated heterocycles. The van der Waals surface area contributed by atoms with Crippen LogP contribution in [0.1, 0.15) is 23.2 Å². The summed E-state index contributed by atoms with van der Waals surface area (Å²) in [4.78, 5) is 27.3. The topological polar surface area (TPSA) is 79.2 Å². The Morgan fingerprint density at radius 1 is 1.44 bits per heavy atom. The number of nitrogens with zero attached hydrogens (tertiary/aromatic N) is 1. The Balaban J connectivity index is 2.10. The third-order valence-corrected chi connectivity index (χ3v) is 2.85. The summed E-state index contributed by atoms with van der Waals surface area (Å²) in [7, 11) is 0. The minimum absolute atomic E-state index is 0.0852. The van der Waals surface area contributed by atoms with Crippen molar-refractivity contribution in [1.29, 1.82) is 0 Å². The van der Waals surface area contributed by atoms with Crippen molar-refractivity contribution >= 4 is 5.91 Å². The molecule has 1 fully saturated rings. The van der Waals surface area contributed by atoms with Gasteiger partial charge in [-0.05, 0) is 18.9 Å². The smallest absolute Gasteiger partial charge is 0.254 e. The van der Waals surface area contributed by atoms with Gasteiger partial charge < -0.3 is 15.6 Å². The van der Waals surface area contributed by atoms with Crippen LogP contribution in [0, 0.1) is 0 Å². The number of rotatable bonds is 1. The Kier molecular flexibility index (Phi) is 3.05. The molecule has 1 aliphatic rings. The van der Waals surface area contributed by atoms with Crippen LogP contribution in [-0.2, 0) is 0 Å². The highest BCUT2D eigenvalue weighted by molar-refractivity contribution is 5.94. The van der Waals surface area contributed by atoms with E-state index in [1.54, 1.807) is 11.0 Å². The molecule has 5 heteroatoms. The van der Waals surface area contributed by atoms with Crippen molar-refractivity contribution in [1.82, 2.24) is 9.88 Å². The number of H-pyrrole nitrogens is 1. The summed E-state index contributed by atoms with van der Waals surface area (Å²) in [6.07, 6.45) is 3.15. The van der Waals surface area contributed by atoms with Crippen LogP contribution in [0.25, 0.3) is 0 Å². The molecule has 1 aliphatic heterocycles. The van der Waals surface area contributed by atoms with Gasteiger partial charge in [0.2, 0.25) is 5.56 Å². The first-order valence-electron chi connectivity index (χ1n) is 5.40. The minimum Gasteiger partial charge on any atom is -0.339 e. The summed E-state index contributed by atoms with van der Waals surface area (Å²) in [5, 5.41) is 0. The molecule has 1 aromatic rings. The Bertz CT molecular complexity index is 433. The van der Waals surface area contributed by atoms with E-state index in [0.29, 0.717) is 18.7 Å². The highest BCUT2D eigenvalue weighted by Crippen LogP contribution is 2.11. The SMILES string of the molecule is NC1CCN(C(=O)c2cc[nH]c(=O)c2)CC1. The van der Waals surface area contributed by atoms with Crippen LogP contribution in [0.3, 0.4) is 0 Å². The van der Waals surface area contributed by atoms with E-state index >= 15 is 0 Å². The van der Waals surface area contributed by atoms with Crippen LogP contribution in [0.5, 0.6) is 0 Å². The average molecular weight is 221 g/mol. The van der Waals surface area contributed by atoms with E-state index in [1.807, 2.05) is 0 Å². The highest BCUT2D eigenvalue weighted by atomic mass is 16.2. The molecule has 0 bridgehead atoms. The highest BCUT2D eigenvalue weighted by Gasteiger charge is 2.21. The van der Waals surface area contributed by atoms with Crippen molar-refractivity contribution in [2.45, 2.75) is 18.9 Å². The van der Waals surface area contributed by atoms with Gasteiger partial charge in [-0.15, -0.1) is 0 Å². The predicted molar refractivity (Wildman–Crippen MR) is 60.2 cm³/mol. The van der Waals surface area contributed by atoms with Gasteiger partial charge in [-0.25, -0.2) is 0 Å². The zero-order valence-corrected chi connectivity index (χ0v) is 8.98. The second-order valence-electron chi connectivity index (χ2n) is 4.07. The molecule has 0 atom stereocenters. The lowest BCUT2D eigenvalue weighted by Gasteiger charge is -2.30. The fourth-order valence-electron chi connectivity index (χ4n) is 1.86. The molecular formula is C11H15N3O2. The average Bonchev–Trinajstić information content (AvgIpc) is 2.29. The fourth-order valence-corrected chi connectivity index (χ4v) is 1.86. The lowest BCUT2D eigenvalue weighted by molar-refractivity contribution is 0.0714. The zero-order chi connectivity index (χ0) is 11.5. The number of aromatic nitrogens is 1. The summed E-state index contributed by atoms with van der Waals surface area (Å²) in [6, 6.07) is 3.15. The molecule has 0 spiro atoms. The van der Waals surface area contributed by atoms with Crippen LogP contribution in [0.15, 0.2) is 23.1 Å². The molecule has 0 aromatic carbocycles. The third kappa shape index (κ3) is 2.30. The Hall–Kier alpha value is -1.62. The maximum absolute atomic E-state index is 12.0. The number of hydrogen-bond donors (Lipinski definition) is 2. The van der Waals surface area contributed by atoms with Crippen molar-refractivity contribution in [2.24, 2.45) is 5.73 Å². The second-order valence-corrected chi connectivity index (χ2v) is 4.07. The quantitative estimate of drug-likeness (QED) is 0.697. The number of aromatic amines is 1. The number of hydrogen-bond acceptors (Lipinski definition) is 3. The molecule has 16 heavy (non-hydrogen) atoms. The van der Waals surface area contributed by atoms with Gasteiger partial charge in [0.1, 0.15) is 0 Å². The molecule has 5 nitrogen and oxygen atoms in total. The van der Waals surface area contributed by atoms with E-state index in [9.17, 15) is 9.59 Å². The Morgan fingerprint density at radius 3 is 2.75 bits per heavy atom. The molecule has 2 heterocycles. The molecule has 0 radical (unpaired) electrons. The lowest BCUT2D eigenvalue weighted by Crippen LogP contribution is -2.43. The Labute approximate surface area is 93.3 Å². The van der Waals surface area contributed by atoms with E-state index in [1.165, 1.54) is 12.3 Å². The summed E-state index contributed by atoms with van der Waals surface area (Å²) < 4.78 is 0. The van der Waals surface area contributed by atoms with Gasteiger partial charge in [-0.1, -0.05) is 0 Å². The monoisotopic (exact) mass is 221 g/mol. The number of carbonyl (C=O) groups is 1. The maximum Gasteiger partial charge on any atom is 0.254 e. The van der Waals surface area contributed by atoms with Crippen molar-refractivity contribution in [3.63, 3.8) is 0 Å². The third-order valence-electron chi connectivity index (χ3n) is 2.85. The molecule has 3 N–H and O–H groups in total. The van der Waals surface area contributed by atoms with Crippen molar-refractivity contribution in [3.8, 4) is 0 Å². The number of nitrogens with two attached hydrogens (primary N) is 1. The van der Waals surface area contributed by atoms with Gasteiger partial charge in [0.05, 0.1) is 0 Å². The second kappa shape index (κ2) is 4.49. The van der Waals surface area contributed by atoms with Crippen LogP contribution < -0.4 is 11.3 Å². The van der Waals surface area contributed by atoms with E-state index in [2.05, 4.69) is 4.98 Å². The predicted octanol–water partition coefficient (Wildman–Crippen LogP) is -0.0618.